The number of nitrogens with one attached hydrogen (secondary N) is 1. The molecule has 18 heavy (non-hydrogen) atoms. The molecule has 0 spiro atoms. The van der Waals surface area contributed by atoms with E-state index in [2.05, 4.69) is 80.4 Å². The SMILES string of the molecule is C/C=C(\C=C/[NH2+]c1ccccc1)C1=C[NH+](C)C=C1. The number of hydrogen-bond donors (Lipinski definition) is 2. The minimum Gasteiger partial charge on any atom is -0.288 e. The summed E-state index contributed by atoms with van der Waals surface area (Å²) in [5, 5.41) is 2.12. The highest BCUT2D eigenvalue weighted by Gasteiger charge is 2.08. The molecule has 0 fully saturated rings. The third-order valence-electron chi connectivity index (χ3n) is 2.92. The minimum absolute atomic E-state index is 1.22. The first kappa shape index (κ1) is 12.6. The van der Waals surface area contributed by atoms with Crippen molar-refractivity contribution in [2.24, 2.45) is 0 Å². The van der Waals surface area contributed by atoms with Crippen molar-refractivity contribution in [3.63, 3.8) is 0 Å². The average Bonchev–Trinajstić information content (AvgIpc) is 2.82. The van der Waals surface area contributed by atoms with Gasteiger partial charge in [-0.3, -0.25) is 10.2 Å². The second-order valence-electron chi connectivity index (χ2n) is 4.36. The van der Waals surface area contributed by atoms with E-state index in [-0.39, 0.29) is 0 Å². The van der Waals surface area contributed by atoms with Crippen molar-refractivity contribution < 1.29 is 10.2 Å². The molecule has 1 heterocycles. The molecule has 0 amide bonds. The Morgan fingerprint density at radius 1 is 1.22 bits per heavy atom. The van der Waals surface area contributed by atoms with E-state index in [1.165, 1.54) is 21.7 Å². The van der Waals surface area contributed by atoms with Gasteiger partial charge in [-0.15, -0.1) is 0 Å². The molecule has 0 aliphatic carbocycles. The van der Waals surface area contributed by atoms with E-state index in [1.807, 2.05) is 6.07 Å². The predicted molar refractivity (Wildman–Crippen MR) is 75.0 cm³/mol. The molecular weight excluding hydrogens is 220 g/mol. The van der Waals surface area contributed by atoms with Crippen LogP contribution in [0.4, 0.5) is 5.69 Å². The monoisotopic (exact) mass is 240 g/mol. The van der Waals surface area contributed by atoms with Crippen LogP contribution in [0.2, 0.25) is 0 Å². The summed E-state index contributed by atoms with van der Waals surface area (Å²) in [5.41, 5.74) is 3.77. The van der Waals surface area contributed by atoms with Crippen LogP contribution in [0.1, 0.15) is 6.92 Å². The number of quaternary nitrogens is 2. The lowest BCUT2D eigenvalue weighted by atomic mass is 10.1. The van der Waals surface area contributed by atoms with Crippen molar-refractivity contribution in [2.75, 3.05) is 7.05 Å². The Labute approximate surface area is 109 Å². The van der Waals surface area contributed by atoms with E-state index < -0.39 is 0 Å². The van der Waals surface area contributed by atoms with Gasteiger partial charge in [-0.2, -0.15) is 0 Å². The predicted octanol–water partition coefficient (Wildman–Crippen LogP) is 1.27. The third kappa shape index (κ3) is 3.29. The highest BCUT2D eigenvalue weighted by Crippen LogP contribution is 2.12. The molecule has 1 atom stereocenters. The molecule has 0 saturated heterocycles. The summed E-state index contributed by atoms with van der Waals surface area (Å²) < 4.78 is 0. The lowest BCUT2D eigenvalue weighted by molar-refractivity contribution is -0.763. The van der Waals surface area contributed by atoms with Gasteiger partial charge in [0.15, 0.2) is 0 Å². The topological polar surface area (TPSA) is 21.1 Å². The molecule has 2 rings (SSSR count). The molecular formula is C16H20N2+2. The lowest BCUT2D eigenvalue weighted by Crippen LogP contribution is -2.98. The van der Waals surface area contributed by atoms with Gasteiger partial charge in [-0.1, -0.05) is 24.3 Å². The fraction of sp³-hybridized carbons (Fsp3) is 0.125. The third-order valence-corrected chi connectivity index (χ3v) is 2.92. The van der Waals surface area contributed by atoms with Crippen molar-refractivity contribution in [3.8, 4) is 0 Å². The number of hydrogen-bond acceptors (Lipinski definition) is 0. The smallest absolute Gasteiger partial charge is 0.134 e. The van der Waals surface area contributed by atoms with Gasteiger partial charge in [0, 0.05) is 11.6 Å². The quantitative estimate of drug-likeness (QED) is 0.584. The van der Waals surface area contributed by atoms with E-state index in [4.69, 9.17) is 0 Å². The Balaban J connectivity index is 2.00. The maximum atomic E-state index is 2.21. The molecule has 1 aromatic carbocycles. The Morgan fingerprint density at radius 2 is 2.00 bits per heavy atom. The van der Waals surface area contributed by atoms with E-state index in [0.717, 1.165) is 0 Å². The van der Waals surface area contributed by atoms with Gasteiger partial charge in [0.25, 0.3) is 0 Å². The summed E-state index contributed by atoms with van der Waals surface area (Å²) in [6.07, 6.45) is 12.9. The van der Waals surface area contributed by atoms with Crippen molar-refractivity contribution in [2.45, 2.75) is 6.92 Å². The first-order valence-corrected chi connectivity index (χ1v) is 6.26. The van der Waals surface area contributed by atoms with Crippen molar-refractivity contribution in [1.29, 1.82) is 0 Å². The zero-order valence-corrected chi connectivity index (χ0v) is 10.9. The number of para-hydroxylation sites is 1. The first-order chi connectivity index (χ1) is 8.79. The standard InChI is InChI=1S/C16H18N2/c1-3-14(15-10-12-18(2)13-15)9-11-17-16-7-5-4-6-8-16/h3-13,17H,1-2H3/p+2/b11-9-,14-3+. The number of rotatable bonds is 4. The maximum absolute atomic E-state index is 2.21. The second-order valence-corrected chi connectivity index (χ2v) is 4.36. The fourth-order valence-corrected chi connectivity index (χ4v) is 1.93. The minimum atomic E-state index is 1.22. The van der Waals surface area contributed by atoms with Gasteiger partial charge in [0.1, 0.15) is 11.9 Å². The number of benzene rings is 1. The molecule has 0 saturated carbocycles. The van der Waals surface area contributed by atoms with Gasteiger partial charge in [0.2, 0.25) is 0 Å². The number of nitrogens with two attached hydrogens (primary N) is 1. The normalized spacial score (nSPS) is 19.6. The van der Waals surface area contributed by atoms with Crippen LogP contribution in [-0.2, 0) is 0 Å². The van der Waals surface area contributed by atoms with Crippen LogP contribution in [-0.4, -0.2) is 7.05 Å². The van der Waals surface area contributed by atoms with Gasteiger partial charge in [-0.25, -0.2) is 0 Å². The summed E-state index contributed by atoms with van der Waals surface area (Å²) >= 11 is 0. The average molecular weight is 240 g/mol. The van der Waals surface area contributed by atoms with Crippen molar-refractivity contribution in [3.05, 3.63) is 78.3 Å². The largest absolute Gasteiger partial charge is 0.288 e. The zero-order chi connectivity index (χ0) is 12.8. The van der Waals surface area contributed by atoms with Crippen LogP contribution in [0.3, 0.4) is 0 Å². The van der Waals surface area contributed by atoms with E-state index >= 15 is 0 Å². The molecule has 0 bridgehead atoms. The molecule has 2 nitrogen and oxygen atoms in total. The van der Waals surface area contributed by atoms with Gasteiger partial charge < -0.3 is 0 Å². The Morgan fingerprint density at radius 3 is 2.61 bits per heavy atom. The summed E-state index contributed by atoms with van der Waals surface area (Å²) in [5.74, 6) is 0. The molecule has 0 aromatic heterocycles. The Hall–Kier alpha value is -1.90. The summed E-state index contributed by atoms with van der Waals surface area (Å²) in [6, 6.07) is 10.3. The van der Waals surface area contributed by atoms with Crippen LogP contribution < -0.4 is 10.2 Å². The van der Waals surface area contributed by atoms with Crippen LogP contribution in [0.25, 0.3) is 0 Å². The van der Waals surface area contributed by atoms with Gasteiger partial charge in [0.05, 0.1) is 19.4 Å². The van der Waals surface area contributed by atoms with Crippen LogP contribution in [0.5, 0.6) is 0 Å². The molecule has 2 heteroatoms. The van der Waals surface area contributed by atoms with E-state index in [0.29, 0.717) is 0 Å². The lowest BCUT2D eigenvalue weighted by Gasteiger charge is -1.98. The molecule has 1 aliphatic rings. The maximum Gasteiger partial charge on any atom is 0.134 e. The van der Waals surface area contributed by atoms with E-state index in [1.54, 1.807) is 0 Å². The van der Waals surface area contributed by atoms with Crippen molar-refractivity contribution >= 4 is 5.69 Å². The second kappa shape index (κ2) is 6.15. The van der Waals surface area contributed by atoms with Crippen LogP contribution in [0.15, 0.2) is 78.3 Å². The molecule has 1 aromatic rings. The highest BCUT2D eigenvalue weighted by atomic mass is 15.1. The fourth-order valence-electron chi connectivity index (χ4n) is 1.93. The highest BCUT2D eigenvalue weighted by molar-refractivity contribution is 5.45. The molecule has 1 aliphatic heterocycles. The Kier molecular flexibility index (Phi) is 4.29. The summed E-state index contributed by atoms with van der Waals surface area (Å²) in [6.45, 7) is 2.07. The van der Waals surface area contributed by atoms with E-state index in [9.17, 15) is 0 Å². The number of allylic oxidation sites excluding steroid dienone is 5. The van der Waals surface area contributed by atoms with Gasteiger partial charge in [-0.05, 0) is 30.7 Å². The zero-order valence-electron chi connectivity index (χ0n) is 10.9. The molecule has 0 radical (unpaired) electrons. The summed E-state index contributed by atoms with van der Waals surface area (Å²) in [4.78, 5) is 1.31. The first-order valence-electron chi connectivity index (χ1n) is 6.26. The summed E-state index contributed by atoms with van der Waals surface area (Å²) in [7, 11) is 2.12. The molecule has 92 valence electrons. The van der Waals surface area contributed by atoms with Gasteiger partial charge >= 0.3 is 0 Å². The molecule has 1 unspecified atom stereocenters. The molecule has 3 N–H and O–H groups in total. The van der Waals surface area contributed by atoms with Crippen molar-refractivity contribution in [1.82, 2.24) is 0 Å². The Bertz CT molecular complexity index is 507. The van der Waals surface area contributed by atoms with Crippen LogP contribution in [0, 0.1) is 0 Å². The van der Waals surface area contributed by atoms with Crippen LogP contribution >= 0.6 is 0 Å².